The van der Waals surface area contributed by atoms with Crippen LogP contribution in [0.5, 0.6) is 5.88 Å². The molecule has 0 aliphatic heterocycles. The minimum atomic E-state index is 0.513. The fourth-order valence-corrected chi connectivity index (χ4v) is 3.02. The van der Waals surface area contributed by atoms with E-state index in [0.717, 1.165) is 16.3 Å². The topological polar surface area (TPSA) is 62.4 Å². The van der Waals surface area contributed by atoms with E-state index in [2.05, 4.69) is 16.4 Å². The van der Waals surface area contributed by atoms with E-state index < -0.39 is 0 Å². The average Bonchev–Trinajstić information content (AvgIpc) is 3.06. The van der Waals surface area contributed by atoms with Gasteiger partial charge < -0.3 is 10.1 Å². The second-order valence-electron chi connectivity index (χ2n) is 4.28. The van der Waals surface area contributed by atoms with Gasteiger partial charge in [0, 0.05) is 11.6 Å². The number of anilines is 1. The van der Waals surface area contributed by atoms with Gasteiger partial charge >= 0.3 is 0 Å². The van der Waals surface area contributed by atoms with E-state index in [1.165, 1.54) is 0 Å². The Kier molecular flexibility index (Phi) is 3.69. The van der Waals surface area contributed by atoms with Crippen molar-refractivity contribution in [2.75, 3.05) is 12.4 Å². The maximum absolute atomic E-state index is 8.84. The minimum absolute atomic E-state index is 0.513. The number of nitrogens with one attached hydrogen (secondary N) is 1. The Balaban J connectivity index is 1.86. The second kappa shape index (κ2) is 5.64. The lowest BCUT2D eigenvalue weighted by molar-refractivity contribution is 0.395. The van der Waals surface area contributed by atoms with Crippen LogP contribution in [0.3, 0.4) is 0 Å². The number of hydrogen-bond donors (Lipinski definition) is 1. The van der Waals surface area contributed by atoms with Crippen molar-refractivity contribution in [3.05, 3.63) is 46.1 Å². The molecule has 0 saturated heterocycles. The van der Waals surface area contributed by atoms with Crippen LogP contribution in [0.15, 0.2) is 29.8 Å². The number of hydrogen-bond acceptors (Lipinski definition) is 5. The molecular weight excluding hydrogens is 308 g/mol. The summed E-state index contributed by atoms with van der Waals surface area (Å²) in [7, 11) is 1.60. The van der Waals surface area contributed by atoms with Crippen molar-refractivity contribution >= 4 is 33.6 Å². The van der Waals surface area contributed by atoms with Crippen molar-refractivity contribution in [3.8, 4) is 11.9 Å². The standard InChI is InChI=1S/C14H11ClN4OS/c1-20-13-12(19-4-5-21-14(19)18-13)8-17-11-3-2-9(7-16)6-10(11)15/h2-6,17H,8H2,1H3. The Morgan fingerprint density at radius 2 is 2.38 bits per heavy atom. The van der Waals surface area contributed by atoms with Crippen LogP contribution >= 0.6 is 22.9 Å². The Hall–Kier alpha value is -2.23. The summed E-state index contributed by atoms with van der Waals surface area (Å²) in [6.45, 7) is 0.521. The van der Waals surface area contributed by atoms with Crippen LogP contribution in [0.4, 0.5) is 5.69 Å². The van der Waals surface area contributed by atoms with Gasteiger partial charge in [0.15, 0.2) is 4.96 Å². The molecule has 0 atom stereocenters. The molecule has 0 unspecified atom stereocenters. The number of ether oxygens (including phenoxy) is 1. The molecule has 2 aromatic heterocycles. The summed E-state index contributed by atoms with van der Waals surface area (Å²) in [6.07, 6.45) is 1.95. The Labute approximate surface area is 130 Å². The number of thiazole rings is 1. The van der Waals surface area contributed by atoms with Gasteiger partial charge in [0.05, 0.1) is 36.0 Å². The van der Waals surface area contributed by atoms with Crippen LogP contribution in [-0.2, 0) is 6.54 Å². The van der Waals surface area contributed by atoms with Crippen molar-refractivity contribution < 1.29 is 4.74 Å². The van der Waals surface area contributed by atoms with Gasteiger partial charge in [-0.3, -0.25) is 4.40 Å². The molecule has 3 aromatic rings. The highest BCUT2D eigenvalue weighted by atomic mass is 35.5. The first-order valence-electron chi connectivity index (χ1n) is 6.15. The molecule has 0 aliphatic rings. The largest absolute Gasteiger partial charge is 0.480 e. The van der Waals surface area contributed by atoms with E-state index in [0.29, 0.717) is 23.0 Å². The summed E-state index contributed by atoms with van der Waals surface area (Å²) in [4.78, 5) is 5.28. The predicted octanol–water partition coefficient (Wildman–Crippen LogP) is 3.54. The zero-order valence-electron chi connectivity index (χ0n) is 11.1. The molecule has 7 heteroatoms. The van der Waals surface area contributed by atoms with E-state index in [-0.39, 0.29) is 0 Å². The molecule has 0 spiro atoms. The lowest BCUT2D eigenvalue weighted by atomic mass is 10.2. The minimum Gasteiger partial charge on any atom is -0.480 e. The van der Waals surface area contributed by atoms with Crippen molar-refractivity contribution in [1.82, 2.24) is 9.38 Å². The maximum Gasteiger partial charge on any atom is 0.238 e. The Morgan fingerprint density at radius 3 is 3.10 bits per heavy atom. The van der Waals surface area contributed by atoms with E-state index in [1.54, 1.807) is 36.6 Å². The summed E-state index contributed by atoms with van der Waals surface area (Å²) < 4.78 is 7.28. The summed E-state index contributed by atoms with van der Waals surface area (Å²) >= 11 is 7.70. The van der Waals surface area contributed by atoms with Gasteiger partial charge in [-0.15, -0.1) is 11.3 Å². The highest BCUT2D eigenvalue weighted by Crippen LogP contribution is 2.27. The number of imidazole rings is 1. The van der Waals surface area contributed by atoms with Crippen LogP contribution in [0.1, 0.15) is 11.3 Å². The molecule has 0 aliphatic carbocycles. The number of nitrogens with zero attached hydrogens (tertiary/aromatic N) is 3. The fraction of sp³-hybridized carbons (Fsp3) is 0.143. The first kappa shape index (κ1) is 13.7. The van der Waals surface area contributed by atoms with Gasteiger partial charge in [0.1, 0.15) is 5.69 Å². The molecule has 106 valence electrons. The van der Waals surface area contributed by atoms with Gasteiger partial charge in [0.2, 0.25) is 5.88 Å². The zero-order chi connectivity index (χ0) is 14.8. The first-order chi connectivity index (χ1) is 10.2. The smallest absolute Gasteiger partial charge is 0.238 e. The van der Waals surface area contributed by atoms with Crippen LogP contribution in [0.25, 0.3) is 4.96 Å². The molecule has 1 N–H and O–H groups in total. The van der Waals surface area contributed by atoms with Crippen molar-refractivity contribution in [2.24, 2.45) is 0 Å². The van der Waals surface area contributed by atoms with Crippen molar-refractivity contribution in [3.63, 3.8) is 0 Å². The molecule has 3 rings (SSSR count). The van der Waals surface area contributed by atoms with Gasteiger partial charge in [-0.2, -0.15) is 10.2 Å². The normalized spacial score (nSPS) is 10.5. The molecule has 0 saturated carbocycles. The third-order valence-electron chi connectivity index (χ3n) is 3.06. The van der Waals surface area contributed by atoms with E-state index >= 15 is 0 Å². The monoisotopic (exact) mass is 318 g/mol. The Morgan fingerprint density at radius 1 is 1.52 bits per heavy atom. The molecule has 0 bridgehead atoms. The fourth-order valence-electron chi connectivity index (χ4n) is 2.04. The SMILES string of the molecule is COc1nc2sccn2c1CNc1ccc(C#N)cc1Cl. The summed E-state index contributed by atoms with van der Waals surface area (Å²) in [6, 6.07) is 7.21. The quantitative estimate of drug-likeness (QED) is 0.799. The number of benzene rings is 1. The highest BCUT2D eigenvalue weighted by molar-refractivity contribution is 7.15. The number of aromatic nitrogens is 2. The summed E-state index contributed by atoms with van der Waals surface area (Å²) in [5.74, 6) is 0.596. The molecular formula is C14H11ClN4OS. The third kappa shape index (κ3) is 2.53. The van der Waals surface area contributed by atoms with Gasteiger partial charge in [-0.25, -0.2) is 0 Å². The number of rotatable bonds is 4. The van der Waals surface area contributed by atoms with Crippen LogP contribution < -0.4 is 10.1 Å². The number of halogens is 1. The van der Waals surface area contributed by atoms with E-state index in [4.69, 9.17) is 21.6 Å². The van der Waals surface area contributed by atoms with Crippen molar-refractivity contribution in [1.29, 1.82) is 5.26 Å². The maximum atomic E-state index is 8.84. The second-order valence-corrected chi connectivity index (χ2v) is 5.56. The highest BCUT2D eigenvalue weighted by Gasteiger charge is 2.13. The zero-order valence-corrected chi connectivity index (χ0v) is 12.7. The summed E-state index contributed by atoms with van der Waals surface area (Å²) in [5, 5.41) is 14.6. The molecule has 0 fully saturated rings. The predicted molar refractivity (Wildman–Crippen MR) is 83.1 cm³/mol. The van der Waals surface area contributed by atoms with Gasteiger partial charge in [-0.1, -0.05) is 11.6 Å². The van der Waals surface area contributed by atoms with Crippen LogP contribution in [0, 0.1) is 11.3 Å². The molecule has 1 aromatic carbocycles. The lowest BCUT2D eigenvalue weighted by Crippen LogP contribution is -2.04. The van der Waals surface area contributed by atoms with Crippen LogP contribution in [0.2, 0.25) is 5.02 Å². The number of fused-ring (bicyclic) bond motifs is 1. The molecule has 5 nitrogen and oxygen atoms in total. The molecule has 2 heterocycles. The molecule has 21 heavy (non-hydrogen) atoms. The summed E-state index contributed by atoms with van der Waals surface area (Å²) in [5.41, 5.74) is 2.23. The molecule has 0 radical (unpaired) electrons. The lowest BCUT2D eigenvalue weighted by Gasteiger charge is -2.09. The number of methoxy groups -OCH3 is 1. The third-order valence-corrected chi connectivity index (χ3v) is 4.13. The van der Waals surface area contributed by atoms with E-state index in [9.17, 15) is 0 Å². The van der Waals surface area contributed by atoms with Crippen molar-refractivity contribution in [2.45, 2.75) is 6.54 Å². The van der Waals surface area contributed by atoms with E-state index in [1.807, 2.05) is 16.0 Å². The Bertz CT molecular complexity index is 833. The average molecular weight is 319 g/mol. The number of nitriles is 1. The van der Waals surface area contributed by atoms with Gasteiger partial charge in [-0.05, 0) is 18.2 Å². The first-order valence-corrected chi connectivity index (χ1v) is 7.40. The van der Waals surface area contributed by atoms with Gasteiger partial charge in [0.25, 0.3) is 0 Å². The molecule has 0 amide bonds. The van der Waals surface area contributed by atoms with Crippen LogP contribution in [-0.4, -0.2) is 16.5 Å².